The molecule has 0 radical (unpaired) electrons. The number of nitrogens with zero attached hydrogens (tertiary/aromatic N) is 2. The Morgan fingerprint density at radius 2 is 2.15 bits per heavy atom. The average Bonchev–Trinajstić information content (AvgIpc) is 3.31. The number of anilines is 1. The van der Waals surface area contributed by atoms with E-state index in [9.17, 15) is 9.18 Å². The molecule has 2 heterocycles. The number of ether oxygens (including phenoxy) is 2. The minimum atomic E-state index is -0.526. The number of carbonyl (C=O) groups is 1. The lowest BCUT2D eigenvalue weighted by atomic mass is 10.2. The molecule has 0 aromatic carbocycles. The predicted octanol–water partition coefficient (Wildman–Crippen LogP) is 2.58. The molecule has 1 unspecified atom stereocenters. The molecule has 1 aliphatic carbocycles. The van der Waals surface area contributed by atoms with Crippen LogP contribution in [0.4, 0.5) is 10.1 Å². The minimum absolute atomic E-state index is 0.0438. The van der Waals surface area contributed by atoms with E-state index < -0.39 is 6.67 Å². The summed E-state index contributed by atoms with van der Waals surface area (Å²) in [6, 6.07) is 3.45. The minimum Gasteiger partial charge on any atom is -0.476 e. The molecule has 1 amide bonds. The Kier molecular flexibility index (Phi) is 6.66. The molecule has 1 atom stereocenters. The van der Waals surface area contributed by atoms with Crippen LogP contribution in [0.3, 0.4) is 0 Å². The number of alkyl halides is 1. The van der Waals surface area contributed by atoms with Gasteiger partial charge in [-0.3, -0.25) is 4.79 Å². The molecular weight excluding hydrogens is 337 g/mol. The van der Waals surface area contributed by atoms with Crippen molar-refractivity contribution in [3.63, 3.8) is 0 Å². The van der Waals surface area contributed by atoms with Crippen LogP contribution in [-0.2, 0) is 4.74 Å². The van der Waals surface area contributed by atoms with E-state index in [2.05, 4.69) is 15.2 Å². The highest BCUT2D eigenvalue weighted by Crippen LogP contribution is 2.33. The van der Waals surface area contributed by atoms with Gasteiger partial charge < -0.3 is 19.7 Å². The van der Waals surface area contributed by atoms with Gasteiger partial charge >= 0.3 is 0 Å². The molecule has 0 spiro atoms. The molecule has 2 fully saturated rings. The summed E-state index contributed by atoms with van der Waals surface area (Å²) in [4.78, 5) is 19.2. The second-order valence-corrected chi connectivity index (χ2v) is 7.11. The van der Waals surface area contributed by atoms with Gasteiger partial charge in [-0.1, -0.05) is 0 Å². The van der Waals surface area contributed by atoms with Crippen LogP contribution >= 0.6 is 0 Å². The zero-order valence-electron chi connectivity index (χ0n) is 15.4. The Bertz CT molecular complexity index is 604. The molecule has 3 rings (SSSR count). The van der Waals surface area contributed by atoms with Gasteiger partial charge in [-0.2, -0.15) is 0 Å². The molecule has 6 nitrogen and oxygen atoms in total. The Morgan fingerprint density at radius 1 is 1.38 bits per heavy atom. The van der Waals surface area contributed by atoms with Crippen molar-refractivity contribution in [2.24, 2.45) is 5.92 Å². The number of amides is 1. The summed E-state index contributed by atoms with van der Waals surface area (Å²) in [7, 11) is 0. The van der Waals surface area contributed by atoms with Crippen molar-refractivity contribution in [1.29, 1.82) is 0 Å². The van der Waals surface area contributed by atoms with Gasteiger partial charge in [-0.25, -0.2) is 9.37 Å². The molecular formula is C19H28FN3O3. The van der Waals surface area contributed by atoms with E-state index in [1.165, 1.54) is 25.7 Å². The fourth-order valence-corrected chi connectivity index (χ4v) is 3.00. The van der Waals surface area contributed by atoms with Crippen LogP contribution in [0.2, 0.25) is 0 Å². The van der Waals surface area contributed by atoms with Crippen LogP contribution < -0.4 is 15.0 Å². The highest BCUT2D eigenvalue weighted by Gasteiger charge is 2.25. The number of nitrogens with one attached hydrogen (secondary N) is 1. The van der Waals surface area contributed by atoms with E-state index in [0.717, 1.165) is 18.8 Å². The van der Waals surface area contributed by atoms with Gasteiger partial charge in [0, 0.05) is 19.1 Å². The molecule has 1 N–H and O–H groups in total. The third-order valence-corrected chi connectivity index (χ3v) is 4.64. The summed E-state index contributed by atoms with van der Waals surface area (Å²) >= 11 is 0. The highest BCUT2D eigenvalue weighted by atomic mass is 19.1. The summed E-state index contributed by atoms with van der Waals surface area (Å²) in [6.07, 6.45) is 4.74. The van der Waals surface area contributed by atoms with Crippen LogP contribution in [0.25, 0.3) is 0 Å². The zero-order chi connectivity index (χ0) is 18.4. The standard InChI is InChI=1S/C19H28FN3O3/c1-14(12-25-11-8-20)21-18(24)16-6-7-17(23-9-2-3-10-23)19(22-16)26-13-15-4-5-15/h6-7,14-15H,2-5,8-13H2,1H3,(H,21,24). The quantitative estimate of drug-likeness (QED) is 0.646. The van der Waals surface area contributed by atoms with Crippen LogP contribution in [0.5, 0.6) is 5.88 Å². The van der Waals surface area contributed by atoms with E-state index in [0.29, 0.717) is 24.1 Å². The van der Waals surface area contributed by atoms with Crippen molar-refractivity contribution in [2.75, 3.05) is 44.5 Å². The van der Waals surface area contributed by atoms with Gasteiger partial charge in [0.25, 0.3) is 5.91 Å². The Labute approximate surface area is 154 Å². The number of halogens is 1. The molecule has 1 aromatic heterocycles. The van der Waals surface area contributed by atoms with Crippen LogP contribution in [0, 0.1) is 5.92 Å². The molecule has 1 aliphatic heterocycles. The maximum Gasteiger partial charge on any atom is 0.270 e. The third kappa shape index (κ3) is 5.30. The first-order valence-corrected chi connectivity index (χ1v) is 9.50. The van der Waals surface area contributed by atoms with Gasteiger partial charge in [-0.15, -0.1) is 0 Å². The smallest absolute Gasteiger partial charge is 0.270 e. The van der Waals surface area contributed by atoms with E-state index in [4.69, 9.17) is 9.47 Å². The first-order chi connectivity index (χ1) is 12.7. The van der Waals surface area contributed by atoms with Crippen LogP contribution in [0.1, 0.15) is 43.1 Å². The molecule has 26 heavy (non-hydrogen) atoms. The molecule has 144 valence electrons. The molecule has 1 aromatic rings. The molecule has 1 saturated carbocycles. The zero-order valence-corrected chi connectivity index (χ0v) is 15.4. The van der Waals surface area contributed by atoms with Crippen molar-refractivity contribution in [3.8, 4) is 5.88 Å². The Hall–Kier alpha value is -1.89. The summed E-state index contributed by atoms with van der Waals surface area (Å²) in [5.74, 6) is 0.895. The second-order valence-electron chi connectivity index (χ2n) is 7.11. The average molecular weight is 365 g/mol. The highest BCUT2D eigenvalue weighted by molar-refractivity contribution is 5.93. The summed E-state index contributed by atoms with van der Waals surface area (Å²) < 4.78 is 23.1. The molecule has 7 heteroatoms. The largest absolute Gasteiger partial charge is 0.476 e. The third-order valence-electron chi connectivity index (χ3n) is 4.64. The summed E-state index contributed by atoms with van der Waals surface area (Å²) in [6.45, 7) is 4.26. The van der Waals surface area contributed by atoms with Gasteiger partial charge in [0.15, 0.2) is 0 Å². The number of hydrogen-bond donors (Lipinski definition) is 1. The predicted molar refractivity (Wildman–Crippen MR) is 97.6 cm³/mol. The first kappa shape index (κ1) is 18.9. The second kappa shape index (κ2) is 9.16. The van der Waals surface area contributed by atoms with Gasteiger partial charge in [-0.05, 0) is 50.7 Å². The number of carbonyl (C=O) groups excluding carboxylic acids is 1. The summed E-state index contributed by atoms with van der Waals surface area (Å²) in [5, 5.41) is 2.83. The van der Waals surface area contributed by atoms with Crippen molar-refractivity contribution < 1.29 is 18.7 Å². The molecule has 1 saturated heterocycles. The number of rotatable bonds is 10. The number of aromatic nitrogens is 1. The topological polar surface area (TPSA) is 63.7 Å². The normalized spacial score (nSPS) is 18.0. The van der Waals surface area contributed by atoms with Crippen molar-refractivity contribution in [3.05, 3.63) is 17.8 Å². The van der Waals surface area contributed by atoms with Crippen molar-refractivity contribution in [2.45, 2.75) is 38.6 Å². The summed E-state index contributed by atoms with van der Waals surface area (Å²) in [5.41, 5.74) is 1.30. The van der Waals surface area contributed by atoms with Crippen LogP contribution in [-0.4, -0.2) is 56.5 Å². The fourth-order valence-electron chi connectivity index (χ4n) is 3.00. The van der Waals surface area contributed by atoms with Gasteiger partial charge in [0.1, 0.15) is 12.4 Å². The fraction of sp³-hybridized carbons (Fsp3) is 0.684. The maximum absolute atomic E-state index is 12.5. The van der Waals surface area contributed by atoms with E-state index in [1.54, 1.807) is 6.07 Å². The lowest BCUT2D eigenvalue weighted by molar-refractivity contribution is 0.0821. The Balaban J connectivity index is 1.65. The Morgan fingerprint density at radius 3 is 2.85 bits per heavy atom. The number of pyridine rings is 1. The van der Waals surface area contributed by atoms with Crippen molar-refractivity contribution >= 4 is 11.6 Å². The van der Waals surface area contributed by atoms with E-state index in [1.807, 2.05) is 13.0 Å². The van der Waals surface area contributed by atoms with Crippen LogP contribution in [0.15, 0.2) is 12.1 Å². The molecule has 2 aliphatic rings. The number of hydrogen-bond acceptors (Lipinski definition) is 5. The van der Waals surface area contributed by atoms with Gasteiger partial charge in [0.2, 0.25) is 5.88 Å². The SMILES string of the molecule is CC(COCCF)NC(=O)c1ccc(N2CCCC2)c(OCC2CC2)n1. The van der Waals surface area contributed by atoms with Gasteiger partial charge in [0.05, 0.1) is 25.5 Å². The lowest BCUT2D eigenvalue weighted by Gasteiger charge is -2.21. The van der Waals surface area contributed by atoms with E-state index in [-0.39, 0.29) is 25.2 Å². The van der Waals surface area contributed by atoms with E-state index >= 15 is 0 Å². The first-order valence-electron chi connectivity index (χ1n) is 9.50. The van der Waals surface area contributed by atoms with Crippen molar-refractivity contribution in [1.82, 2.24) is 10.3 Å². The maximum atomic E-state index is 12.5. The lowest BCUT2D eigenvalue weighted by Crippen LogP contribution is -2.36. The molecule has 0 bridgehead atoms. The monoisotopic (exact) mass is 365 g/mol.